The smallest absolute Gasteiger partial charge is 0.269 e. The van der Waals surface area contributed by atoms with E-state index in [0.717, 1.165) is 11.3 Å². The molecule has 0 fully saturated rings. The lowest BCUT2D eigenvalue weighted by Gasteiger charge is -2.13. The number of hydrogen-bond donors (Lipinski definition) is 2. The maximum Gasteiger partial charge on any atom is 0.269 e. The third-order valence-corrected chi connectivity index (χ3v) is 3.42. The maximum absolute atomic E-state index is 12.1. The molecule has 0 spiro atoms. The zero-order valence-electron chi connectivity index (χ0n) is 13.4. The Balaban J connectivity index is 1.82. The van der Waals surface area contributed by atoms with Crippen molar-refractivity contribution in [3.8, 4) is 0 Å². The average Bonchev–Trinajstić information content (AvgIpc) is 2.58. The van der Waals surface area contributed by atoms with Crippen LogP contribution in [0.3, 0.4) is 0 Å². The number of hydrogen-bond acceptors (Lipinski definition) is 3. The molecule has 0 aliphatic heterocycles. The first-order valence-electron chi connectivity index (χ1n) is 7.47. The molecule has 0 saturated carbocycles. The molecule has 0 aromatic heterocycles. The van der Waals surface area contributed by atoms with Crippen molar-refractivity contribution in [1.29, 1.82) is 0 Å². The Morgan fingerprint density at radius 2 is 1.70 bits per heavy atom. The molecular formula is C18H21N3O2. The molecular weight excluding hydrogens is 290 g/mol. The molecule has 5 heteroatoms. The van der Waals surface area contributed by atoms with Crippen LogP contribution in [0, 0.1) is 0 Å². The molecule has 0 bridgehead atoms. The van der Waals surface area contributed by atoms with E-state index in [2.05, 4.69) is 10.9 Å². The second kappa shape index (κ2) is 7.98. The van der Waals surface area contributed by atoms with Gasteiger partial charge in [0.1, 0.15) is 0 Å². The van der Waals surface area contributed by atoms with E-state index in [4.69, 9.17) is 0 Å². The van der Waals surface area contributed by atoms with Crippen molar-refractivity contribution in [2.24, 2.45) is 0 Å². The van der Waals surface area contributed by atoms with Gasteiger partial charge < -0.3 is 4.90 Å². The van der Waals surface area contributed by atoms with Gasteiger partial charge in [0, 0.05) is 31.8 Å². The van der Waals surface area contributed by atoms with Crippen LogP contribution < -0.4 is 15.8 Å². The molecule has 2 aromatic rings. The van der Waals surface area contributed by atoms with Gasteiger partial charge in [0.25, 0.3) is 5.91 Å². The predicted octanol–water partition coefficient (Wildman–Crippen LogP) is 2.15. The Kier molecular flexibility index (Phi) is 5.74. The topological polar surface area (TPSA) is 61.4 Å². The lowest BCUT2D eigenvalue weighted by Crippen LogP contribution is -2.41. The Labute approximate surface area is 136 Å². The first-order chi connectivity index (χ1) is 11.1. The summed E-state index contributed by atoms with van der Waals surface area (Å²) in [7, 11) is 3.81. The highest BCUT2D eigenvalue weighted by Crippen LogP contribution is 2.13. The monoisotopic (exact) mass is 311 g/mol. The first-order valence-corrected chi connectivity index (χ1v) is 7.47. The summed E-state index contributed by atoms with van der Waals surface area (Å²) in [5.74, 6) is -0.548. The molecule has 0 aliphatic carbocycles. The molecule has 0 atom stereocenters. The number of hydrazine groups is 1. The van der Waals surface area contributed by atoms with E-state index in [1.807, 2.05) is 61.5 Å². The fourth-order valence-electron chi connectivity index (χ4n) is 2.09. The number of aryl methyl sites for hydroxylation is 1. The van der Waals surface area contributed by atoms with Crippen molar-refractivity contribution in [2.75, 3.05) is 19.0 Å². The molecule has 23 heavy (non-hydrogen) atoms. The minimum atomic E-state index is -0.332. The number of anilines is 1. The van der Waals surface area contributed by atoms with Gasteiger partial charge in [-0.3, -0.25) is 20.4 Å². The van der Waals surface area contributed by atoms with Gasteiger partial charge in [-0.15, -0.1) is 0 Å². The molecule has 120 valence electrons. The highest BCUT2D eigenvalue weighted by atomic mass is 16.2. The van der Waals surface area contributed by atoms with E-state index < -0.39 is 0 Å². The van der Waals surface area contributed by atoms with Crippen LogP contribution in [-0.4, -0.2) is 25.9 Å². The van der Waals surface area contributed by atoms with Crippen molar-refractivity contribution in [1.82, 2.24) is 10.9 Å². The second-order valence-corrected chi connectivity index (χ2v) is 5.43. The lowest BCUT2D eigenvalue weighted by atomic mass is 10.1. The lowest BCUT2D eigenvalue weighted by molar-refractivity contribution is -0.121. The highest BCUT2D eigenvalue weighted by Gasteiger charge is 2.08. The number of nitrogens with one attached hydrogen (secondary N) is 2. The van der Waals surface area contributed by atoms with Gasteiger partial charge >= 0.3 is 0 Å². The molecule has 2 amide bonds. The summed E-state index contributed by atoms with van der Waals surface area (Å²) in [6.07, 6.45) is 0.959. The van der Waals surface area contributed by atoms with E-state index in [-0.39, 0.29) is 11.8 Å². The summed E-state index contributed by atoms with van der Waals surface area (Å²) >= 11 is 0. The number of carbonyl (C=O) groups is 2. The van der Waals surface area contributed by atoms with Crippen LogP contribution in [0.15, 0.2) is 54.6 Å². The standard InChI is InChI=1S/C18H21N3O2/c1-21(2)16-10-6-9-15(13-16)18(23)20-19-17(22)12-11-14-7-4-3-5-8-14/h3-10,13H,11-12H2,1-2H3,(H,19,22)(H,20,23). The first kappa shape index (κ1) is 16.5. The predicted molar refractivity (Wildman–Crippen MR) is 91.1 cm³/mol. The minimum absolute atomic E-state index is 0.217. The minimum Gasteiger partial charge on any atom is -0.378 e. The molecule has 2 N–H and O–H groups in total. The summed E-state index contributed by atoms with van der Waals surface area (Å²) in [5, 5.41) is 0. The number of amides is 2. The van der Waals surface area contributed by atoms with E-state index in [1.165, 1.54) is 0 Å². The van der Waals surface area contributed by atoms with Crippen molar-refractivity contribution >= 4 is 17.5 Å². The van der Waals surface area contributed by atoms with Gasteiger partial charge in [-0.2, -0.15) is 0 Å². The second-order valence-electron chi connectivity index (χ2n) is 5.43. The van der Waals surface area contributed by atoms with Crippen LogP contribution in [0.2, 0.25) is 0 Å². The normalized spacial score (nSPS) is 10.0. The third kappa shape index (κ3) is 5.14. The maximum atomic E-state index is 12.1. The van der Waals surface area contributed by atoms with E-state index >= 15 is 0 Å². The zero-order chi connectivity index (χ0) is 16.7. The molecule has 2 aromatic carbocycles. The summed E-state index contributed by atoms with van der Waals surface area (Å²) in [6, 6.07) is 16.9. The summed E-state index contributed by atoms with van der Waals surface area (Å²) in [5.41, 5.74) is 7.41. The van der Waals surface area contributed by atoms with Crippen LogP contribution in [0.5, 0.6) is 0 Å². The van der Waals surface area contributed by atoms with Gasteiger partial charge in [0.05, 0.1) is 0 Å². The number of benzene rings is 2. The third-order valence-electron chi connectivity index (χ3n) is 3.42. The molecule has 0 saturated heterocycles. The number of nitrogens with zero attached hydrogens (tertiary/aromatic N) is 1. The van der Waals surface area contributed by atoms with Crippen molar-refractivity contribution in [3.63, 3.8) is 0 Å². The van der Waals surface area contributed by atoms with Crippen molar-refractivity contribution in [2.45, 2.75) is 12.8 Å². The van der Waals surface area contributed by atoms with E-state index in [1.54, 1.807) is 12.1 Å². The fraction of sp³-hybridized carbons (Fsp3) is 0.222. The summed E-state index contributed by atoms with van der Waals surface area (Å²) in [6.45, 7) is 0. The molecule has 5 nitrogen and oxygen atoms in total. The van der Waals surface area contributed by atoms with Gasteiger partial charge in [-0.1, -0.05) is 36.4 Å². The van der Waals surface area contributed by atoms with Crippen LogP contribution in [-0.2, 0) is 11.2 Å². The van der Waals surface area contributed by atoms with Gasteiger partial charge in [-0.25, -0.2) is 0 Å². The van der Waals surface area contributed by atoms with Crippen molar-refractivity contribution < 1.29 is 9.59 Å². The Morgan fingerprint density at radius 1 is 0.957 bits per heavy atom. The molecule has 2 rings (SSSR count). The summed E-state index contributed by atoms with van der Waals surface area (Å²) < 4.78 is 0. The summed E-state index contributed by atoms with van der Waals surface area (Å²) in [4.78, 5) is 25.8. The van der Waals surface area contributed by atoms with Crippen LogP contribution in [0.1, 0.15) is 22.3 Å². The SMILES string of the molecule is CN(C)c1cccc(C(=O)NNC(=O)CCc2ccccc2)c1. The molecule has 0 aliphatic rings. The van der Waals surface area contributed by atoms with E-state index in [0.29, 0.717) is 18.4 Å². The molecule has 0 unspecified atom stereocenters. The largest absolute Gasteiger partial charge is 0.378 e. The van der Waals surface area contributed by atoms with Gasteiger partial charge in [0.2, 0.25) is 5.91 Å². The zero-order valence-corrected chi connectivity index (χ0v) is 13.4. The fourth-order valence-corrected chi connectivity index (χ4v) is 2.09. The van der Waals surface area contributed by atoms with Gasteiger partial charge in [0.15, 0.2) is 0 Å². The number of rotatable bonds is 5. The quantitative estimate of drug-likeness (QED) is 0.832. The average molecular weight is 311 g/mol. The Hall–Kier alpha value is -2.82. The molecule has 0 heterocycles. The van der Waals surface area contributed by atoms with Gasteiger partial charge in [-0.05, 0) is 30.2 Å². The Bertz CT molecular complexity index is 669. The van der Waals surface area contributed by atoms with Crippen LogP contribution >= 0.6 is 0 Å². The number of carbonyl (C=O) groups excluding carboxylic acids is 2. The van der Waals surface area contributed by atoms with Crippen LogP contribution in [0.25, 0.3) is 0 Å². The molecule has 0 radical (unpaired) electrons. The van der Waals surface area contributed by atoms with Crippen molar-refractivity contribution in [3.05, 3.63) is 65.7 Å². The van der Waals surface area contributed by atoms with E-state index in [9.17, 15) is 9.59 Å². The Morgan fingerprint density at radius 3 is 2.39 bits per heavy atom. The van der Waals surface area contributed by atoms with Crippen LogP contribution in [0.4, 0.5) is 5.69 Å². The highest BCUT2D eigenvalue weighted by molar-refractivity contribution is 5.96.